The quantitative estimate of drug-likeness (QED) is 0.223. The summed E-state index contributed by atoms with van der Waals surface area (Å²) in [7, 11) is -3.58. The second kappa shape index (κ2) is 15.4. The SMILES string of the molecule is CCC(C)NC(=O)C(Cc1ccccc1)N(Cc1ccc(Cl)cc1Cl)C(=O)CCCN(c1ccc(C)cc1)S(C)(=O)=O. The molecule has 3 aromatic rings. The number of anilines is 1. The van der Waals surface area contributed by atoms with Crippen LogP contribution in [0.1, 0.15) is 49.8 Å². The van der Waals surface area contributed by atoms with Gasteiger partial charge in [-0.3, -0.25) is 13.9 Å². The highest BCUT2D eigenvalue weighted by atomic mass is 35.5. The lowest BCUT2D eigenvalue weighted by Crippen LogP contribution is -2.52. The number of rotatable bonds is 14. The van der Waals surface area contributed by atoms with Crippen molar-refractivity contribution in [1.82, 2.24) is 10.2 Å². The van der Waals surface area contributed by atoms with Crippen molar-refractivity contribution in [2.45, 2.75) is 65.1 Å². The molecule has 2 atom stereocenters. The van der Waals surface area contributed by atoms with Crippen LogP contribution >= 0.6 is 23.2 Å². The number of sulfonamides is 1. The van der Waals surface area contributed by atoms with Crippen LogP contribution < -0.4 is 9.62 Å². The average molecular weight is 633 g/mol. The molecule has 3 rings (SSSR count). The lowest BCUT2D eigenvalue weighted by Gasteiger charge is -2.33. The van der Waals surface area contributed by atoms with Gasteiger partial charge in [-0.15, -0.1) is 0 Å². The maximum absolute atomic E-state index is 13.9. The third kappa shape index (κ3) is 9.75. The van der Waals surface area contributed by atoms with Gasteiger partial charge in [-0.05, 0) is 62.1 Å². The number of carbonyl (C=O) groups is 2. The molecule has 0 bridgehead atoms. The maximum Gasteiger partial charge on any atom is 0.243 e. The normalized spacial score (nSPS) is 12.8. The topological polar surface area (TPSA) is 86.8 Å². The Morgan fingerprint density at radius 3 is 2.24 bits per heavy atom. The van der Waals surface area contributed by atoms with E-state index in [9.17, 15) is 18.0 Å². The lowest BCUT2D eigenvalue weighted by atomic mass is 10.0. The largest absolute Gasteiger partial charge is 0.352 e. The Labute approximate surface area is 259 Å². The van der Waals surface area contributed by atoms with Crippen LogP contribution in [0, 0.1) is 6.92 Å². The van der Waals surface area contributed by atoms with Crippen LogP contribution in [-0.2, 0) is 32.6 Å². The number of nitrogens with zero attached hydrogens (tertiary/aromatic N) is 2. The highest BCUT2D eigenvalue weighted by molar-refractivity contribution is 7.92. The van der Waals surface area contributed by atoms with E-state index >= 15 is 0 Å². The van der Waals surface area contributed by atoms with E-state index in [1.807, 2.05) is 63.2 Å². The Morgan fingerprint density at radius 2 is 1.64 bits per heavy atom. The predicted molar refractivity (Wildman–Crippen MR) is 171 cm³/mol. The Morgan fingerprint density at radius 1 is 0.976 bits per heavy atom. The first-order chi connectivity index (χ1) is 19.9. The van der Waals surface area contributed by atoms with Gasteiger partial charge in [0, 0.05) is 42.0 Å². The first-order valence-electron chi connectivity index (χ1n) is 14.0. The van der Waals surface area contributed by atoms with Crippen molar-refractivity contribution in [1.29, 1.82) is 0 Å². The third-order valence-corrected chi connectivity index (χ3v) is 8.88. The van der Waals surface area contributed by atoms with E-state index < -0.39 is 16.1 Å². The Balaban J connectivity index is 1.91. The van der Waals surface area contributed by atoms with Crippen LogP contribution in [-0.4, -0.2) is 50.0 Å². The van der Waals surface area contributed by atoms with E-state index in [1.54, 1.807) is 35.2 Å². The fraction of sp³-hybridized carbons (Fsp3) is 0.375. The minimum Gasteiger partial charge on any atom is -0.352 e. The molecule has 7 nitrogen and oxygen atoms in total. The van der Waals surface area contributed by atoms with E-state index in [0.29, 0.717) is 27.7 Å². The van der Waals surface area contributed by atoms with Crippen molar-refractivity contribution in [3.63, 3.8) is 0 Å². The van der Waals surface area contributed by atoms with Crippen LogP contribution in [0.25, 0.3) is 0 Å². The fourth-order valence-electron chi connectivity index (χ4n) is 4.54. The van der Waals surface area contributed by atoms with Crippen LogP contribution in [0.3, 0.4) is 0 Å². The number of aryl methyl sites for hydroxylation is 1. The van der Waals surface area contributed by atoms with Crippen LogP contribution in [0.15, 0.2) is 72.8 Å². The smallest absolute Gasteiger partial charge is 0.243 e. The van der Waals surface area contributed by atoms with Crippen molar-refractivity contribution >= 4 is 50.7 Å². The number of halogens is 2. The molecule has 0 aliphatic heterocycles. The summed E-state index contributed by atoms with van der Waals surface area (Å²) in [4.78, 5) is 29.2. The van der Waals surface area contributed by atoms with Gasteiger partial charge in [0.15, 0.2) is 0 Å². The van der Waals surface area contributed by atoms with E-state index in [4.69, 9.17) is 23.2 Å². The van der Waals surface area contributed by atoms with Crippen LogP contribution in [0.5, 0.6) is 0 Å². The molecule has 42 heavy (non-hydrogen) atoms. The lowest BCUT2D eigenvalue weighted by molar-refractivity contribution is -0.141. The second-order valence-corrected chi connectivity index (χ2v) is 13.3. The summed E-state index contributed by atoms with van der Waals surface area (Å²) >= 11 is 12.6. The number of nitrogens with one attached hydrogen (secondary N) is 1. The summed E-state index contributed by atoms with van der Waals surface area (Å²) in [5, 5.41) is 3.90. The molecule has 2 unspecified atom stereocenters. The van der Waals surface area contributed by atoms with Crippen molar-refractivity contribution in [2.24, 2.45) is 0 Å². The molecule has 10 heteroatoms. The number of hydrogen-bond donors (Lipinski definition) is 1. The van der Waals surface area contributed by atoms with E-state index in [1.165, 1.54) is 4.31 Å². The molecule has 0 radical (unpaired) electrons. The number of carbonyl (C=O) groups excluding carboxylic acids is 2. The summed E-state index contributed by atoms with van der Waals surface area (Å²) in [5.41, 5.74) is 3.11. The zero-order chi connectivity index (χ0) is 30.9. The molecular formula is C32H39Cl2N3O4S. The summed E-state index contributed by atoms with van der Waals surface area (Å²) in [6.45, 7) is 6.04. The summed E-state index contributed by atoms with van der Waals surface area (Å²) in [6.07, 6.45) is 2.49. The van der Waals surface area contributed by atoms with Crippen molar-refractivity contribution in [2.75, 3.05) is 17.1 Å². The Hall–Kier alpha value is -3.07. The van der Waals surface area contributed by atoms with Gasteiger partial charge in [-0.25, -0.2) is 8.42 Å². The molecular weight excluding hydrogens is 593 g/mol. The van der Waals surface area contributed by atoms with Crippen molar-refractivity contribution < 1.29 is 18.0 Å². The van der Waals surface area contributed by atoms with Gasteiger partial charge in [-0.2, -0.15) is 0 Å². The van der Waals surface area contributed by atoms with Gasteiger partial charge in [-0.1, -0.05) is 84.2 Å². The predicted octanol–water partition coefficient (Wildman–Crippen LogP) is 6.40. The van der Waals surface area contributed by atoms with Gasteiger partial charge in [0.25, 0.3) is 0 Å². The van der Waals surface area contributed by atoms with E-state index in [0.717, 1.165) is 23.8 Å². The molecule has 0 saturated carbocycles. The standard InChI is InChI=1S/C32H39Cl2N3O4S/c1-5-24(3)35-32(39)30(20-25-10-7-6-8-11-25)36(22-26-15-16-27(33)21-29(26)34)31(38)12-9-19-37(42(4,40)41)28-17-13-23(2)14-18-28/h6-8,10-11,13-18,21,24,30H,5,9,12,19-20,22H2,1-4H3,(H,35,39). The molecule has 226 valence electrons. The number of benzene rings is 3. The minimum atomic E-state index is -3.58. The maximum atomic E-state index is 13.9. The van der Waals surface area contributed by atoms with Crippen LogP contribution in [0.2, 0.25) is 10.0 Å². The molecule has 0 aliphatic carbocycles. The fourth-order valence-corrected chi connectivity index (χ4v) is 5.98. The highest BCUT2D eigenvalue weighted by Gasteiger charge is 2.31. The summed E-state index contributed by atoms with van der Waals surface area (Å²) < 4.78 is 26.5. The zero-order valence-corrected chi connectivity index (χ0v) is 26.8. The second-order valence-electron chi connectivity index (χ2n) is 10.6. The first kappa shape index (κ1) is 33.4. The van der Waals surface area contributed by atoms with E-state index in [-0.39, 0.29) is 43.8 Å². The monoisotopic (exact) mass is 631 g/mol. The summed E-state index contributed by atoms with van der Waals surface area (Å²) in [6, 6.07) is 20.9. The van der Waals surface area contributed by atoms with Gasteiger partial charge >= 0.3 is 0 Å². The Bertz CT molecular complexity index is 1450. The minimum absolute atomic E-state index is 0.0327. The van der Waals surface area contributed by atoms with Crippen molar-refractivity contribution in [3.8, 4) is 0 Å². The van der Waals surface area contributed by atoms with Gasteiger partial charge in [0.1, 0.15) is 6.04 Å². The zero-order valence-electron chi connectivity index (χ0n) is 24.5. The van der Waals surface area contributed by atoms with Gasteiger partial charge < -0.3 is 10.2 Å². The summed E-state index contributed by atoms with van der Waals surface area (Å²) in [5.74, 6) is -0.539. The first-order valence-corrected chi connectivity index (χ1v) is 16.6. The number of hydrogen-bond acceptors (Lipinski definition) is 4. The molecule has 1 N–H and O–H groups in total. The van der Waals surface area contributed by atoms with E-state index in [2.05, 4.69) is 5.32 Å². The molecule has 0 heterocycles. The molecule has 0 aliphatic rings. The van der Waals surface area contributed by atoms with Gasteiger partial charge in [0.2, 0.25) is 21.8 Å². The highest BCUT2D eigenvalue weighted by Crippen LogP contribution is 2.25. The molecule has 0 spiro atoms. The Kier molecular flexibility index (Phi) is 12.3. The molecule has 3 aromatic carbocycles. The number of amides is 2. The molecule has 2 amide bonds. The average Bonchev–Trinajstić information content (AvgIpc) is 2.94. The van der Waals surface area contributed by atoms with Gasteiger partial charge in [0.05, 0.1) is 11.9 Å². The molecule has 0 fully saturated rings. The molecule has 0 aromatic heterocycles. The molecule has 0 saturated heterocycles. The third-order valence-electron chi connectivity index (χ3n) is 7.10. The van der Waals surface area contributed by atoms with Crippen molar-refractivity contribution in [3.05, 3.63) is 99.5 Å². The van der Waals surface area contributed by atoms with Crippen LogP contribution in [0.4, 0.5) is 5.69 Å².